The van der Waals surface area contributed by atoms with Crippen molar-refractivity contribution < 1.29 is 9.84 Å². The van der Waals surface area contributed by atoms with Crippen LogP contribution >= 0.6 is 0 Å². The molecule has 4 heteroatoms. The summed E-state index contributed by atoms with van der Waals surface area (Å²) in [5.41, 5.74) is 3.48. The van der Waals surface area contributed by atoms with Gasteiger partial charge in [-0.05, 0) is 46.1 Å². The maximum atomic E-state index is 9.80. The zero-order valence-corrected chi connectivity index (χ0v) is 11.5. The van der Waals surface area contributed by atoms with Gasteiger partial charge in [0.25, 0.3) is 0 Å². The number of rotatable bonds is 6. The third-order valence-electron chi connectivity index (χ3n) is 3.01. The third-order valence-corrected chi connectivity index (χ3v) is 3.01. The minimum absolute atomic E-state index is 0.173. The topological polar surface area (TPSA) is 47.3 Å². The molecular weight excluding hydrogens is 216 g/mol. The highest BCUT2D eigenvalue weighted by Crippen LogP contribution is 2.15. The third kappa shape index (κ3) is 4.13. The van der Waals surface area contributed by atoms with Gasteiger partial charge in [0.2, 0.25) is 0 Å². The molecule has 0 saturated carbocycles. The molecule has 1 N–H and O–H groups in total. The van der Waals surface area contributed by atoms with Crippen LogP contribution in [0.25, 0.3) is 0 Å². The summed E-state index contributed by atoms with van der Waals surface area (Å²) in [6.45, 7) is 8.44. The van der Waals surface area contributed by atoms with Crippen LogP contribution in [0.4, 0.5) is 0 Å². The van der Waals surface area contributed by atoms with Gasteiger partial charge in [-0.3, -0.25) is 4.68 Å². The van der Waals surface area contributed by atoms with Crippen molar-refractivity contribution >= 4 is 0 Å². The first-order valence-corrected chi connectivity index (χ1v) is 6.20. The SMILES string of the molecule is Cc1nn(C)c(C)c1CCC(O)COC(C)C. The molecule has 1 aromatic rings. The fourth-order valence-corrected chi connectivity index (χ4v) is 1.88. The number of aliphatic hydroxyl groups excluding tert-OH is 1. The molecule has 0 bridgehead atoms. The van der Waals surface area contributed by atoms with E-state index in [9.17, 15) is 5.11 Å². The Labute approximate surface area is 104 Å². The summed E-state index contributed by atoms with van der Waals surface area (Å²) in [4.78, 5) is 0. The molecule has 1 unspecified atom stereocenters. The maximum Gasteiger partial charge on any atom is 0.0777 e. The number of aliphatic hydroxyl groups is 1. The van der Waals surface area contributed by atoms with Crippen molar-refractivity contribution in [1.82, 2.24) is 9.78 Å². The summed E-state index contributed by atoms with van der Waals surface area (Å²) >= 11 is 0. The Morgan fingerprint density at radius 3 is 2.47 bits per heavy atom. The van der Waals surface area contributed by atoms with Crippen LogP contribution in [0, 0.1) is 13.8 Å². The van der Waals surface area contributed by atoms with E-state index in [-0.39, 0.29) is 6.10 Å². The lowest BCUT2D eigenvalue weighted by Crippen LogP contribution is -2.19. The minimum atomic E-state index is -0.392. The number of hydrogen-bond acceptors (Lipinski definition) is 3. The summed E-state index contributed by atoms with van der Waals surface area (Å²) in [5.74, 6) is 0. The lowest BCUT2D eigenvalue weighted by Gasteiger charge is -2.13. The Morgan fingerprint density at radius 2 is 2.00 bits per heavy atom. The molecule has 0 aromatic carbocycles. The van der Waals surface area contributed by atoms with E-state index in [2.05, 4.69) is 12.0 Å². The second-order valence-electron chi connectivity index (χ2n) is 4.85. The van der Waals surface area contributed by atoms with E-state index in [1.807, 2.05) is 32.5 Å². The number of hydrogen-bond donors (Lipinski definition) is 1. The lowest BCUT2D eigenvalue weighted by molar-refractivity contribution is 0.00285. The molecule has 1 heterocycles. The fraction of sp³-hybridized carbons (Fsp3) is 0.769. The second-order valence-corrected chi connectivity index (χ2v) is 4.85. The van der Waals surface area contributed by atoms with Crippen LogP contribution in [-0.2, 0) is 18.2 Å². The highest BCUT2D eigenvalue weighted by Gasteiger charge is 2.12. The molecule has 0 aliphatic rings. The molecule has 0 aliphatic heterocycles. The molecule has 0 saturated heterocycles. The Hall–Kier alpha value is -0.870. The van der Waals surface area contributed by atoms with Gasteiger partial charge in [0, 0.05) is 12.7 Å². The number of aromatic nitrogens is 2. The smallest absolute Gasteiger partial charge is 0.0777 e. The van der Waals surface area contributed by atoms with Crippen molar-refractivity contribution in [2.75, 3.05) is 6.61 Å². The van der Waals surface area contributed by atoms with Gasteiger partial charge in [0.1, 0.15) is 0 Å². The van der Waals surface area contributed by atoms with Gasteiger partial charge in [-0.25, -0.2) is 0 Å². The van der Waals surface area contributed by atoms with Crippen molar-refractivity contribution in [2.24, 2.45) is 7.05 Å². The van der Waals surface area contributed by atoms with E-state index in [4.69, 9.17) is 4.74 Å². The normalized spacial score (nSPS) is 13.4. The van der Waals surface area contributed by atoms with Gasteiger partial charge in [-0.15, -0.1) is 0 Å². The Kier molecular flexibility index (Phi) is 5.15. The standard InChI is InChI=1S/C13H24N2O2/c1-9(2)17-8-12(16)6-7-13-10(3)14-15(5)11(13)4/h9,12,16H,6-8H2,1-5H3. The lowest BCUT2D eigenvalue weighted by atomic mass is 10.1. The fourth-order valence-electron chi connectivity index (χ4n) is 1.88. The van der Waals surface area contributed by atoms with Crippen LogP contribution < -0.4 is 0 Å². The highest BCUT2D eigenvalue weighted by molar-refractivity contribution is 5.24. The molecule has 0 amide bonds. The number of nitrogens with zero attached hydrogens (tertiary/aromatic N) is 2. The predicted molar refractivity (Wildman–Crippen MR) is 68.1 cm³/mol. The van der Waals surface area contributed by atoms with E-state index in [1.54, 1.807) is 0 Å². The van der Waals surface area contributed by atoms with E-state index in [0.29, 0.717) is 6.61 Å². The summed E-state index contributed by atoms with van der Waals surface area (Å²) in [7, 11) is 1.95. The molecule has 0 spiro atoms. The molecule has 0 aliphatic carbocycles. The quantitative estimate of drug-likeness (QED) is 0.824. The van der Waals surface area contributed by atoms with Crippen molar-refractivity contribution in [3.05, 3.63) is 17.0 Å². The Morgan fingerprint density at radius 1 is 1.35 bits per heavy atom. The van der Waals surface area contributed by atoms with E-state index < -0.39 is 6.10 Å². The molecule has 1 atom stereocenters. The van der Waals surface area contributed by atoms with Crippen molar-refractivity contribution in [1.29, 1.82) is 0 Å². The van der Waals surface area contributed by atoms with Crippen LogP contribution in [0.1, 0.15) is 37.2 Å². The van der Waals surface area contributed by atoms with Gasteiger partial charge in [-0.2, -0.15) is 5.10 Å². The monoisotopic (exact) mass is 240 g/mol. The van der Waals surface area contributed by atoms with Gasteiger partial charge < -0.3 is 9.84 Å². The average molecular weight is 240 g/mol. The van der Waals surface area contributed by atoms with Gasteiger partial charge in [0.05, 0.1) is 24.5 Å². The predicted octanol–water partition coefficient (Wildman–Crippen LogP) is 1.76. The highest BCUT2D eigenvalue weighted by atomic mass is 16.5. The van der Waals surface area contributed by atoms with Crippen LogP contribution in [0.3, 0.4) is 0 Å². The van der Waals surface area contributed by atoms with Gasteiger partial charge in [-0.1, -0.05) is 0 Å². The first-order chi connectivity index (χ1) is 7.91. The molecule has 1 aromatic heterocycles. The van der Waals surface area contributed by atoms with Gasteiger partial charge in [0.15, 0.2) is 0 Å². The molecule has 98 valence electrons. The molecular formula is C13H24N2O2. The zero-order chi connectivity index (χ0) is 13.0. The minimum Gasteiger partial charge on any atom is -0.391 e. The number of ether oxygens (including phenoxy) is 1. The largest absolute Gasteiger partial charge is 0.391 e. The maximum absolute atomic E-state index is 9.80. The van der Waals surface area contributed by atoms with Crippen LogP contribution in [0.5, 0.6) is 0 Å². The summed E-state index contributed by atoms with van der Waals surface area (Å²) < 4.78 is 7.28. The summed E-state index contributed by atoms with van der Waals surface area (Å²) in [6.07, 6.45) is 1.36. The van der Waals surface area contributed by atoms with Crippen LogP contribution in [0.2, 0.25) is 0 Å². The first-order valence-electron chi connectivity index (χ1n) is 6.20. The number of aryl methyl sites for hydroxylation is 2. The van der Waals surface area contributed by atoms with Gasteiger partial charge >= 0.3 is 0 Å². The van der Waals surface area contributed by atoms with Crippen molar-refractivity contribution in [3.8, 4) is 0 Å². The summed E-state index contributed by atoms with van der Waals surface area (Å²) in [6, 6.07) is 0. The van der Waals surface area contributed by atoms with Crippen LogP contribution in [0.15, 0.2) is 0 Å². The Balaban J connectivity index is 2.44. The van der Waals surface area contributed by atoms with E-state index in [1.165, 1.54) is 11.3 Å². The molecule has 4 nitrogen and oxygen atoms in total. The molecule has 0 fully saturated rings. The van der Waals surface area contributed by atoms with Crippen LogP contribution in [-0.4, -0.2) is 33.7 Å². The zero-order valence-electron chi connectivity index (χ0n) is 11.5. The van der Waals surface area contributed by atoms with E-state index >= 15 is 0 Å². The molecule has 17 heavy (non-hydrogen) atoms. The average Bonchev–Trinajstić information content (AvgIpc) is 2.48. The summed E-state index contributed by atoms with van der Waals surface area (Å²) in [5, 5.41) is 14.2. The Bertz CT molecular complexity index is 359. The second kappa shape index (κ2) is 6.17. The van der Waals surface area contributed by atoms with Crippen molar-refractivity contribution in [2.45, 2.75) is 52.7 Å². The van der Waals surface area contributed by atoms with E-state index in [0.717, 1.165) is 18.5 Å². The first kappa shape index (κ1) is 14.2. The molecule has 1 rings (SSSR count). The molecule has 0 radical (unpaired) electrons. The van der Waals surface area contributed by atoms with Crippen molar-refractivity contribution in [3.63, 3.8) is 0 Å².